The van der Waals surface area contributed by atoms with Gasteiger partial charge in [0.2, 0.25) is 0 Å². The molecule has 2 aromatic rings. The Kier molecular flexibility index (Phi) is 2.60. The lowest BCUT2D eigenvalue weighted by atomic mass is 9.86. The number of para-hydroxylation sites is 1. The van der Waals surface area contributed by atoms with Crippen LogP contribution in [0.2, 0.25) is 0 Å². The molecule has 3 nitrogen and oxygen atoms in total. The minimum atomic E-state index is -1.20. The number of carbonyl (C=O) groups is 1. The molecule has 1 aliphatic heterocycles. The molecule has 1 aliphatic rings. The summed E-state index contributed by atoms with van der Waals surface area (Å²) in [6, 6.07) is 16.9. The van der Waals surface area contributed by atoms with Crippen LogP contribution in [0.25, 0.3) is 6.08 Å². The van der Waals surface area contributed by atoms with Crippen molar-refractivity contribution in [1.29, 1.82) is 0 Å². The first-order chi connectivity index (χ1) is 9.22. The van der Waals surface area contributed by atoms with Crippen molar-refractivity contribution in [3.05, 3.63) is 71.8 Å². The van der Waals surface area contributed by atoms with E-state index < -0.39 is 11.5 Å². The molecule has 3 rings (SSSR count). The minimum absolute atomic E-state index is 0.716. The second kappa shape index (κ2) is 4.28. The van der Waals surface area contributed by atoms with Crippen molar-refractivity contribution < 1.29 is 9.90 Å². The molecule has 0 aliphatic carbocycles. The molecule has 0 radical (unpaired) electrons. The standard InChI is InChI=1S/C16H13NO2/c18-15(19)16(13-7-2-1-3-8-13)11-10-12-6-4-5-9-14(12)17-16/h1-11,17H,(H,18,19). The molecule has 94 valence electrons. The van der Waals surface area contributed by atoms with Gasteiger partial charge in [0, 0.05) is 5.69 Å². The summed E-state index contributed by atoms with van der Waals surface area (Å²) in [5.41, 5.74) is 1.34. The number of aliphatic carboxylic acids is 1. The number of fused-ring (bicyclic) bond motifs is 1. The van der Waals surface area contributed by atoms with Gasteiger partial charge in [0.25, 0.3) is 0 Å². The molecule has 19 heavy (non-hydrogen) atoms. The molecule has 1 heterocycles. The van der Waals surface area contributed by atoms with E-state index in [4.69, 9.17) is 0 Å². The number of rotatable bonds is 2. The Hall–Kier alpha value is -2.55. The van der Waals surface area contributed by atoms with Crippen molar-refractivity contribution in [1.82, 2.24) is 0 Å². The summed E-state index contributed by atoms with van der Waals surface area (Å²) in [6.07, 6.45) is 3.56. The van der Waals surface area contributed by atoms with E-state index in [1.807, 2.05) is 60.7 Å². The molecule has 1 unspecified atom stereocenters. The number of anilines is 1. The van der Waals surface area contributed by atoms with Gasteiger partial charge in [0.05, 0.1) is 0 Å². The highest BCUT2D eigenvalue weighted by Gasteiger charge is 2.39. The molecule has 0 bridgehead atoms. The molecule has 3 heteroatoms. The van der Waals surface area contributed by atoms with E-state index in [1.165, 1.54) is 0 Å². The van der Waals surface area contributed by atoms with Gasteiger partial charge < -0.3 is 10.4 Å². The molecule has 2 aromatic carbocycles. The van der Waals surface area contributed by atoms with Crippen LogP contribution in [0.4, 0.5) is 5.69 Å². The predicted octanol–water partition coefficient (Wildman–Crippen LogP) is 3.11. The second-order valence-electron chi connectivity index (χ2n) is 4.52. The lowest BCUT2D eigenvalue weighted by molar-refractivity contribution is -0.140. The van der Waals surface area contributed by atoms with Crippen LogP contribution in [0.1, 0.15) is 11.1 Å². The molecule has 0 aromatic heterocycles. The first kappa shape index (κ1) is 11.5. The number of carboxylic acids is 1. The number of hydrogen-bond donors (Lipinski definition) is 2. The SMILES string of the molecule is O=C(O)C1(c2ccccc2)C=Cc2ccccc2N1. The van der Waals surface area contributed by atoms with Gasteiger partial charge in [0.15, 0.2) is 5.54 Å². The van der Waals surface area contributed by atoms with Gasteiger partial charge >= 0.3 is 5.97 Å². The Morgan fingerprint density at radius 2 is 1.68 bits per heavy atom. The van der Waals surface area contributed by atoms with Crippen LogP contribution in [-0.4, -0.2) is 11.1 Å². The van der Waals surface area contributed by atoms with E-state index in [1.54, 1.807) is 6.08 Å². The summed E-state index contributed by atoms with van der Waals surface area (Å²) in [6.45, 7) is 0. The Morgan fingerprint density at radius 3 is 2.42 bits per heavy atom. The third kappa shape index (κ3) is 1.80. The maximum Gasteiger partial charge on any atom is 0.338 e. The third-order valence-electron chi connectivity index (χ3n) is 3.37. The fourth-order valence-electron chi connectivity index (χ4n) is 2.34. The average Bonchev–Trinajstić information content (AvgIpc) is 2.47. The zero-order valence-corrected chi connectivity index (χ0v) is 10.2. The van der Waals surface area contributed by atoms with Crippen molar-refractivity contribution >= 4 is 17.7 Å². The summed E-state index contributed by atoms with van der Waals surface area (Å²) >= 11 is 0. The largest absolute Gasteiger partial charge is 0.479 e. The van der Waals surface area contributed by atoms with Crippen molar-refractivity contribution in [3.63, 3.8) is 0 Å². The van der Waals surface area contributed by atoms with Gasteiger partial charge in [-0.05, 0) is 23.3 Å². The first-order valence-corrected chi connectivity index (χ1v) is 6.08. The van der Waals surface area contributed by atoms with Crippen molar-refractivity contribution in [3.8, 4) is 0 Å². The second-order valence-corrected chi connectivity index (χ2v) is 4.52. The molecule has 0 amide bonds. The van der Waals surface area contributed by atoms with Crippen LogP contribution in [0.15, 0.2) is 60.7 Å². The van der Waals surface area contributed by atoms with E-state index in [0.717, 1.165) is 11.3 Å². The zero-order chi connectivity index (χ0) is 13.3. The maximum absolute atomic E-state index is 11.8. The smallest absolute Gasteiger partial charge is 0.338 e. The maximum atomic E-state index is 11.8. The Bertz CT molecular complexity index is 649. The van der Waals surface area contributed by atoms with Crippen LogP contribution in [-0.2, 0) is 10.3 Å². The monoisotopic (exact) mass is 251 g/mol. The van der Waals surface area contributed by atoms with Gasteiger partial charge in [-0.3, -0.25) is 0 Å². The Labute approximate surface area is 111 Å². The van der Waals surface area contributed by atoms with E-state index in [0.29, 0.717) is 5.56 Å². The van der Waals surface area contributed by atoms with E-state index in [-0.39, 0.29) is 0 Å². The summed E-state index contributed by atoms with van der Waals surface area (Å²) in [7, 11) is 0. The van der Waals surface area contributed by atoms with Crippen LogP contribution >= 0.6 is 0 Å². The molecule has 1 atom stereocenters. The predicted molar refractivity (Wildman–Crippen MR) is 74.9 cm³/mol. The zero-order valence-electron chi connectivity index (χ0n) is 10.2. The van der Waals surface area contributed by atoms with Gasteiger partial charge in [-0.1, -0.05) is 54.6 Å². The molecular weight excluding hydrogens is 238 g/mol. The summed E-state index contributed by atoms with van der Waals surface area (Å²) in [4.78, 5) is 11.8. The van der Waals surface area contributed by atoms with E-state index >= 15 is 0 Å². The third-order valence-corrected chi connectivity index (χ3v) is 3.37. The topological polar surface area (TPSA) is 49.3 Å². The summed E-state index contributed by atoms with van der Waals surface area (Å²) in [5, 5.41) is 12.8. The molecular formula is C16H13NO2. The van der Waals surface area contributed by atoms with E-state index in [2.05, 4.69) is 5.32 Å². The molecule has 0 fully saturated rings. The number of benzene rings is 2. The van der Waals surface area contributed by atoms with Crippen LogP contribution in [0.5, 0.6) is 0 Å². The summed E-state index contributed by atoms with van der Waals surface area (Å²) in [5.74, 6) is -0.913. The summed E-state index contributed by atoms with van der Waals surface area (Å²) < 4.78 is 0. The molecule has 2 N–H and O–H groups in total. The molecule has 0 saturated carbocycles. The van der Waals surface area contributed by atoms with E-state index in [9.17, 15) is 9.90 Å². The van der Waals surface area contributed by atoms with Crippen LogP contribution in [0.3, 0.4) is 0 Å². The van der Waals surface area contributed by atoms with Crippen LogP contribution < -0.4 is 5.32 Å². The Balaban J connectivity index is 2.14. The molecule has 0 saturated heterocycles. The highest BCUT2D eigenvalue weighted by atomic mass is 16.4. The highest BCUT2D eigenvalue weighted by Crippen LogP contribution is 2.35. The van der Waals surface area contributed by atoms with Crippen molar-refractivity contribution in [2.45, 2.75) is 5.54 Å². The fraction of sp³-hybridized carbons (Fsp3) is 0.0625. The number of hydrogen-bond acceptors (Lipinski definition) is 2. The van der Waals surface area contributed by atoms with Crippen molar-refractivity contribution in [2.75, 3.05) is 5.32 Å². The van der Waals surface area contributed by atoms with Gasteiger partial charge in [-0.15, -0.1) is 0 Å². The lowest BCUT2D eigenvalue weighted by Crippen LogP contribution is -2.43. The van der Waals surface area contributed by atoms with Crippen LogP contribution in [0, 0.1) is 0 Å². The number of carboxylic acid groups (broad SMARTS) is 1. The molecule has 0 spiro atoms. The lowest BCUT2D eigenvalue weighted by Gasteiger charge is -2.32. The Morgan fingerprint density at radius 1 is 1.00 bits per heavy atom. The van der Waals surface area contributed by atoms with Gasteiger partial charge in [-0.25, -0.2) is 4.79 Å². The van der Waals surface area contributed by atoms with Gasteiger partial charge in [0.1, 0.15) is 0 Å². The highest BCUT2D eigenvalue weighted by molar-refractivity contribution is 5.92. The van der Waals surface area contributed by atoms with Gasteiger partial charge in [-0.2, -0.15) is 0 Å². The number of nitrogens with one attached hydrogen (secondary N) is 1. The first-order valence-electron chi connectivity index (χ1n) is 6.08. The normalized spacial score (nSPS) is 20.4. The average molecular weight is 251 g/mol. The quantitative estimate of drug-likeness (QED) is 0.862. The fourth-order valence-corrected chi connectivity index (χ4v) is 2.34. The minimum Gasteiger partial charge on any atom is -0.479 e. The van der Waals surface area contributed by atoms with Crippen molar-refractivity contribution in [2.24, 2.45) is 0 Å².